The van der Waals surface area contributed by atoms with Gasteiger partial charge < -0.3 is 10.8 Å². The monoisotopic (exact) mass is 187 g/mol. The van der Waals surface area contributed by atoms with E-state index in [-0.39, 0.29) is 6.61 Å². The summed E-state index contributed by atoms with van der Waals surface area (Å²) in [6.07, 6.45) is 0. The molecule has 1 fully saturated rings. The lowest BCUT2D eigenvalue weighted by Gasteiger charge is -2.37. The molecule has 0 aliphatic carbocycles. The summed E-state index contributed by atoms with van der Waals surface area (Å²) in [5.74, 6) is 0. The predicted octanol–water partition coefficient (Wildman–Crippen LogP) is -1.06. The molecular formula is C9H21N3O. The van der Waals surface area contributed by atoms with Crippen LogP contribution in [0.1, 0.15) is 6.92 Å². The smallest absolute Gasteiger partial charge is 0.0558 e. The van der Waals surface area contributed by atoms with Crippen LogP contribution in [0.5, 0.6) is 0 Å². The Morgan fingerprint density at radius 2 is 1.92 bits per heavy atom. The molecule has 1 saturated heterocycles. The van der Waals surface area contributed by atoms with Gasteiger partial charge in [0.1, 0.15) is 0 Å². The summed E-state index contributed by atoms with van der Waals surface area (Å²) in [5.41, 5.74) is 5.60. The summed E-state index contributed by atoms with van der Waals surface area (Å²) >= 11 is 0. The van der Waals surface area contributed by atoms with Crippen molar-refractivity contribution in [1.29, 1.82) is 0 Å². The van der Waals surface area contributed by atoms with Crippen molar-refractivity contribution >= 4 is 0 Å². The molecule has 1 rings (SSSR count). The molecule has 0 amide bonds. The quantitative estimate of drug-likeness (QED) is 0.589. The van der Waals surface area contributed by atoms with Gasteiger partial charge in [-0.2, -0.15) is 0 Å². The standard InChI is InChI=1S/C9H21N3O/c1-9(8-10)12-4-2-11(3-5-12)6-7-13/h9,13H,2-8,10H2,1H3/t9-/m0/s1. The maximum Gasteiger partial charge on any atom is 0.0558 e. The Balaban J connectivity index is 2.22. The highest BCUT2D eigenvalue weighted by Crippen LogP contribution is 2.04. The van der Waals surface area contributed by atoms with Crippen LogP contribution < -0.4 is 5.73 Å². The number of aliphatic hydroxyl groups is 1. The van der Waals surface area contributed by atoms with Gasteiger partial charge >= 0.3 is 0 Å². The van der Waals surface area contributed by atoms with Crippen LogP contribution in [0.25, 0.3) is 0 Å². The van der Waals surface area contributed by atoms with E-state index in [2.05, 4.69) is 16.7 Å². The number of aliphatic hydroxyl groups excluding tert-OH is 1. The van der Waals surface area contributed by atoms with Crippen LogP contribution in [-0.2, 0) is 0 Å². The van der Waals surface area contributed by atoms with Crippen molar-refractivity contribution in [2.45, 2.75) is 13.0 Å². The molecule has 0 unspecified atom stereocenters. The molecule has 1 atom stereocenters. The van der Waals surface area contributed by atoms with Gasteiger partial charge in [0, 0.05) is 45.3 Å². The maximum atomic E-state index is 8.76. The van der Waals surface area contributed by atoms with E-state index >= 15 is 0 Å². The summed E-state index contributed by atoms with van der Waals surface area (Å²) in [7, 11) is 0. The van der Waals surface area contributed by atoms with Crippen molar-refractivity contribution in [2.75, 3.05) is 45.9 Å². The number of nitrogens with two attached hydrogens (primary N) is 1. The second-order valence-corrected chi connectivity index (χ2v) is 3.69. The number of hydrogen-bond donors (Lipinski definition) is 2. The maximum absolute atomic E-state index is 8.76. The van der Waals surface area contributed by atoms with Gasteiger partial charge in [0.2, 0.25) is 0 Å². The van der Waals surface area contributed by atoms with Crippen LogP contribution in [0, 0.1) is 0 Å². The third kappa shape index (κ3) is 3.23. The molecule has 0 spiro atoms. The summed E-state index contributed by atoms with van der Waals surface area (Å²) in [6.45, 7) is 8.27. The highest BCUT2D eigenvalue weighted by molar-refractivity contribution is 4.76. The van der Waals surface area contributed by atoms with Crippen molar-refractivity contribution < 1.29 is 5.11 Å². The minimum atomic E-state index is 0.270. The van der Waals surface area contributed by atoms with E-state index < -0.39 is 0 Å². The number of piperazine rings is 1. The van der Waals surface area contributed by atoms with E-state index in [1.807, 2.05) is 0 Å². The molecule has 3 N–H and O–H groups in total. The van der Waals surface area contributed by atoms with Gasteiger partial charge in [-0.25, -0.2) is 0 Å². The SMILES string of the molecule is C[C@@H](CN)N1CCN(CCO)CC1. The molecular weight excluding hydrogens is 166 g/mol. The molecule has 1 aliphatic heterocycles. The highest BCUT2D eigenvalue weighted by atomic mass is 16.3. The molecule has 1 aliphatic rings. The molecule has 0 saturated carbocycles. The molecule has 4 heteroatoms. The van der Waals surface area contributed by atoms with Crippen molar-refractivity contribution in [2.24, 2.45) is 5.73 Å². The Bertz CT molecular complexity index is 135. The van der Waals surface area contributed by atoms with Crippen LogP contribution in [0.3, 0.4) is 0 Å². The fraction of sp³-hybridized carbons (Fsp3) is 1.00. The lowest BCUT2D eigenvalue weighted by Crippen LogP contribution is -2.51. The summed E-state index contributed by atoms with van der Waals surface area (Å²) in [4.78, 5) is 4.70. The van der Waals surface area contributed by atoms with E-state index in [9.17, 15) is 0 Å². The first-order valence-corrected chi connectivity index (χ1v) is 5.05. The number of β-amino-alcohol motifs (C(OH)–C–C–N with tert-alkyl or cyclic N) is 1. The highest BCUT2D eigenvalue weighted by Gasteiger charge is 2.19. The molecule has 1 heterocycles. The Labute approximate surface area is 80.3 Å². The minimum absolute atomic E-state index is 0.270. The first-order chi connectivity index (χ1) is 6.27. The second-order valence-electron chi connectivity index (χ2n) is 3.69. The molecule has 0 aromatic rings. The Hall–Kier alpha value is -0.160. The van der Waals surface area contributed by atoms with E-state index in [4.69, 9.17) is 10.8 Å². The van der Waals surface area contributed by atoms with E-state index in [1.54, 1.807) is 0 Å². The van der Waals surface area contributed by atoms with Crippen molar-refractivity contribution in [3.8, 4) is 0 Å². The predicted molar refractivity (Wildman–Crippen MR) is 53.6 cm³/mol. The largest absolute Gasteiger partial charge is 0.395 e. The van der Waals surface area contributed by atoms with Gasteiger partial charge in [-0.3, -0.25) is 9.80 Å². The molecule has 4 nitrogen and oxygen atoms in total. The third-order valence-electron chi connectivity index (χ3n) is 2.79. The fourth-order valence-electron chi connectivity index (χ4n) is 1.72. The zero-order chi connectivity index (χ0) is 9.68. The molecule has 0 aromatic carbocycles. The van der Waals surface area contributed by atoms with Crippen LogP contribution in [0.15, 0.2) is 0 Å². The number of hydrogen-bond acceptors (Lipinski definition) is 4. The fourth-order valence-corrected chi connectivity index (χ4v) is 1.72. The molecule has 78 valence electrons. The first-order valence-electron chi connectivity index (χ1n) is 5.05. The van der Waals surface area contributed by atoms with Gasteiger partial charge in [-0.15, -0.1) is 0 Å². The van der Waals surface area contributed by atoms with Gasteiger partial charge in [0.25, 0.3) is 0 Å². The van der Waals surface area contributed by atoms with Gasteiger partial charge in [-0.05, 0) is 6.92 Å². The van der Waals surface area contributed by atoms with E-state index in [0.29, 0.717) is 6.04 Å². The molecule has 0 bridgehead atoms. The summed E-state index contributed by atoms with van der Waals surface area (Å²) in [6, 6.07) is 0.497. The van der Waals surface area contributed by atoms with Gasteiger partial charge in [0.15, 0.2) is 0 Å². The summed E-state index contributed by atoms with van der Waals surface area (Å²) in [5, 5.41) is 8.76. The normalized spacial score (nSPS) is 23.3. The average Bonchev–Trinajstić information content (AvgIpc) is 2.18. The molecule has 0 aromatic heterocycles. The number of nitrogens with zero attached hydrogens (tertiary/aromatic N) is 2. The summed E-state index contributed by atoms with van der Waals surface area (Å²) < 4.78 is 0. The second kappa shape index (κ2) is 5.54. The topological polar surface area (TPSA) is 52.7 Å². The Morgan fingerprint density at radius 3 is 2.38 bits per heavy atom. The lowest BCUT2D eigenvalue weighted by molar-refractivity contribution is 0.0911. The van der Waals surface area contributed by atoms with Gasteiger partial charge in [-0.1, -0.05) is 0 Å². The Kier molecular flexibility index (Phi) is 4.66. The van der Waals surface area contributed by atoms with Crippen molar-refractivity contribution in [3.05, 3.63) is 0 Å². The van der Waals surface area contributed by atoms with Gasteiger partial charge in [0.05, 0.1) is 6.61 Å². The van der Waals surface area contributed by atoms with Crippen LogP contribution >= 0.6 is 0 Å². The molecule has 13 heavy (non-hydrogen) atoms. The van der Waals surface area contributed by atoms with Crippen LogP contribution in [-0.4, -0.2) is 66.8 Å². The van der Waals surface area contributed by atoms with Crippen molar-refractivity contribution in [1.82, 2.24) is 9.80 Å². The van der Waals surface area contributed by atoms with Crippen molar-refractivity contribution in [3.63, 3.8) is 0 Å². The molecule has 0 radical (unpaired) electrons. The van der Waals surface area contributed by atoms with Crippen LogP contribution in [0.2, 0.25) is 0 Å². The number of rotatable bonds is 4. The van der Waals surface area contributed by atoms with Crippen LogP contribution in [0.4, 0.5) is 0 Å². The third-order valence-corrected chi connectivity index (χ3v) is 2.79. The first kappa shape index (κ1) is 10.9. The zero-order valence-corrected chi connectivity index (χ0v) is 8.45. The van der Waals surface area contributed by atoms with E-state index in [0.717, 1.165) is 39.3 Å². The average molecular weight is 187 g/mol. The Morgan fingerprint density at radius 1 is 1.31 bits per heavy atom. The minimum Gasteiger partial charge on any atom is -0.395 e. The lowest BCUT2D eigenvalue weighted by atomic mass is 10.2. The van der Waals surface area contributed by atoms with E-state index in [1.165, 1.54) is 0 Å². The zero-order valence-electron chi connectivity index (χ0n) is 8.45.